The summed E-state index contributed by atoms with van der Waals surface area (Å²) in [4.78, 5) is 14.6. The summed E-state index contributed by atoms with van der Waals surface area (Å²) in [7, 11) is 0. The van der Waals surface area contributed by atoms with Gasteiger partial charge in [0.1, 0.15) is 5.69 Å². The van der Waals surface area contributed by atoms with Gasteiger partial charge in [-0.15, -0.1) is 0 Å². The number of hydrogen-bond acceptors (Lipinski definition) is 3. The van der Waals surface area contributed by atoms with Gasteiger partial charge in [-0.3, -0.25) is 9.78 Å². The molecule has 0 unspecified atom stereocenters. The van der Waals surface area contributed by atoms with E-state index in [9.17, 15) is 4.79 Å². The fourth-order valence-electron chi connectivity index (χ4n) is 0.730. The zero-order valence-corrected chi connectivity index (χ0v) is 6.72. The van der Waals surface area contributed by atoms with E-state index >= 15 is 0 Å². The Balaban J connectivity index is 3.27. The fourth-order valence-corrected chi connectivity index (χ4v) is 0.876. The summed E-state index contributed by atoms with van der Waals surface area (Å²) in [5, 5.41) is 0.366. The predicted octanol–water partition coefficient (Wildman–Crippen LogP) is 1.52. The molecule has 0 spiro atoms. The smallest absolute Gasteiger partial charge is 0.180 e. The third-order valence-corrected chi connectivity index (χ3v) is 1.60. The Bertz CT molecular complexity index is 298. The molecular weight excluding hydrogens is 164 g/mol. The zero-order chi connectivity index (χ0) is 8.43. The van der Waals surface area contributed by atoms with Crippen LogP contribution < -0.4 is 5.73 Å². The van der Waals surface area contributed by atoms with Gasteiger partial charge in [0.15, 0.2) is 5.78 Å². The Morgan fingerprint density at radius 3 is 2.82 bits per heavy atom. The van der Waals surface area contributed by atoms with Crippen LogP contribution in [0.4, 0.5) is 5.69 Å². The van der Waals surface area contributed by atoms with Crippen molar-refractivity contribution in [2.24, 2.45) is 0 Å². The van der Waals surface area contributed by atoms with Gasteiger partial charge >= 0.3 is 0 Å². The van der Waals surface area contributed by atoms with Crippen molar-refractivity contribution in [3.05, 3.63) is 23.0 Å². The second-order valence-corrected chi connectivity index (χ2v) is 2.52. The average Bonchev–Trinajstić information content (AvgIpc) is 1.94. The third kappa shape index (κ3) is 1.49. The summed E-state index contributed by atoms with van der Waals surface area (Å²) in [6.07, 6.45) is 1.45. The summed E-state index contributed by atoms with van der Waals surface area (Å²) in [5.41, 5.74) is 5.95. The van der Waals surface area contributed by atoms with Crippen LogP contribution in [0, 0.1) is 0 Å². The topological polar surface area (TPSA) is 56.0 Å². The lowest BCUT2D eigenvalue weighted by Gasteiger charge is -2.00. The monoisotopic (exact) mass is 170 g/mol. The van der Waals surface area contributed by atoms with Crippen LogP contribution in [-0.4, -0.2) is 10.8 Å². The molecule has 0 saturated carbocycles. The van der Waals surface area contributed by atoms with Crippen LogP contribution in [0.2, 0.25) is 5.02 Å². The lowest BCUT2D eigenvalue weighted by atomic mass is 10.2. The summed E-state index contributed by atoms with van der Waals surface area (Å²) >= 11 is 5.64. The van der Waals surface area contributed by atoms with Crippen molar-refractivity contribution in [2.45, 2.75) is 6.92 Å². The number of nitrogens with two attached hydrogens (primary N) is 1. The van der Waals surface area contributed by atoms with E-state index in [1.807, 2.05) is 0 Å². The maximum absolute atomic E-state index is 10.8. The van der Waals surface area contributed by atoms with Gasteiger partial charge in [-0.25, -0.2) is 0 Å². The highest BCUT2D eigenvalue weighted by atomic mass is 35.5. The SMILES string of the molecule is CC(=O)c1nccc(Cl)c1N. The first-order chi connectivity index (χ1) is 5.13. The van der Waals surface area contributed by atoms with E-state index < -0.39 is 0 Å². The molecule has 0 radical (unpaired) electrons. The van der Waals surface area contributed by atoms with Crippen LogP contribution in [0.25, 0.3) is 0 Å². The summed E-state index contributed by atoms with van der Waals surface area (Å²) in [6, 6.07) is 1.54. The van der Waals surface area contributed by atoms with Gasteiger partial charge in [0.2, 0.25) is 0 Å². The van der Waals surface area contributed by atoms with E-state index in [1.165, 1.54) is 13.1 Å². The maximum Gasteiger partial charge on any atom is 0.180 e. The predicted molar refractivity (Wildman–Crippen MR) is 43.7 cm³/mol. The molecule has 1 rings (SSSR count). The van der Waals surface area contributed by atoms with Gasteiger partial charge in [0.05, 0.1) is 10.7 Å². The minimum absolute atomic E-state index is 0.176. The highest BCUT2D eigenvalue weighted by molar-refractivity contribution is 6.33. The normalized spacial score (nSPS) is 9.64. The quantitative estimate of drug-likeness (QED) is 0.651. The molecular formula is C7H7ClN2O. The van der Waals surface area contributed by atoms with Crippen molar-refractivity contribution in [1.82, 2.24) is 4.98 Å². The van der Waals surface area contributed by atoms with E-state index in [4.69, 9.17) is 17.3 Å². The number of anilines is 1. The molecule has 11 heavy (non-hydrogen) atoms. The molecule has 1 aromatic heterocycles. The number of carbonyl (C=O) groups excluding carboxylic acids is 1. The first-order valence-corrected chi connectivity index (χ1v) is 3.41. The molecule has 0 saturated heterocycles. The van der Waals surface area contributed by atoms with Crippen LogP contribution in [0.15, 0.2) is 12.3 Å². The number of aromatic nitrogens is 1. The molecule has 0 aliphatic heterocycles. The molecule has 0 aliphatic carbocycles. The summed E-state index contributed by atoms with van der Waals surface area (Å²) < 4.78 is 0. The van der Waals surface area contributed by atoms with Crippen molar-refractivity contribution in [1.29, 1.82) is 0 Å². The van der Waals surface area contributed by atoms with Gasteiger partial charge in [-0.2, -0.15) is 0 Å². The van der Waals surface area contributed by atoms with Gasteiger partial charge in [-0.05, 0) is 6.07 Å². The Hall–Kier alpha value is -1.09. The molecule has 3 nitrogen and oxygen atoms in total. The first kappa shape index (κ1) is 8.01. The molecule has 0 aliphatic rings. The van der Waals surface area contributed by atoms with E-state index in [0.717, 1.165) is 0 Å². The fraction of sp³-hybridized carbons (Fsp3) is 0.143. The lowest BCUT2D eigenvalue weighted by molar-refractivity contribution is 0.101. The van der Waals surface area contributed by atoms with E-state index in [0.29, 0.717) is 5.02 Å². The van der Waals surface area contributed by atoms with E-state index in [1.54, 1.807) is 6.07 Å². The van der Waals surface area contributed by atoms with Crippen LogP contribution in [0.5, 0.6) is 0 Å². The molecule has 0 aromatic carbocycles. The van der Waals surface area contributed by atoms with Crippen LogP contribution >= 0.6 is 11.6 Å². The second-order valence-electron chi connectivity index (χ2n) is 2.11. The lowest BCUT2D eigenvalue weighted by Crippen LogP contribution is -2.02. The minimum atomic E-state index is -0.176. The van der Waals surface area contributed by atoms with Gasteiger partial charge in [0.25, 0.3) is 0 Å². The largest absolute Gasteiger partial charge is 0.396 e. The Labute approximate surface area is 69.2 Å². The number of nitrogens with zero attached hydrogens (tertiary/aromatic N) is 1. The summed E-state index contributed by atoms with van der Waals surface area (Å²) in [5.74, 6) is -0.176. The van der Waals surface area contributed by atoms with Crippen molar-refractivity contribution in [2.75, 3.05) is 5.73 Å². The molecule has 0 bridgehead atoms. The van der Waals surface area contributed by atoms with Crippen molar-refractivity contribution in [3.8, 4) is 0 Å². The molecule has 0 atom stereocenters. The second kappa shape index (κ2) is 2.88. The minimum Gasteiger partial charge on any atom is -0.396 e. The van der Waals surface area contributed by atoms with Crippen molar-refractivity contribution >= 4 is 23.1 Å². The standard InChI is InChI=1S/C7H7ClN2O/c1-4(11)7-6(9)5(8)2-3-10-7/h2-3H,9H2,1H3. The maximum atomic E-state index is 10.8. The molecule has 1 aromatic rings. The first-order valence-electron chi connectivity index (χ1n) is 3.04. The Morgan fingerprint density at radius 2 is 2.36 bits per heavy atom. The Kier molecular flexibility index (Phi) is 2.10. The summed E-state index contributed by atoms with van der Waals surface area (Å²) in [6.45, 7) is 1.40. The molecule has 0 amide bonds. The van der Waals surface area contributed by atoms with Gasteiger partial charge in [-0.1, -0.05) is 11.6 Å². The zero-order valence-electron chi connectivity index (χ0n) is 5.97. The van der Waals surface area contributed by atoms with Crippen molar-refractivity contribution < 1.29 is 4.79 Å². The van der Waals surface area contributed by atoms with Crippen LogP contribution in [0.3, 0.4) is 0 Å². The molecule has 2 N–H and O–H groups in total. The van der Waals surface area contributed by atoms with Gasteiger partial charge < -0.3 is 5.73 Å². The number of ketones is 1. The highest BCUT2D eigenvalue weighted by Gasteiger charge is 2.07. The number of carbonyl (C=O) groups is 1. The van der Waals surface area contributed by atoms with Gasteiger partial charge in [0, 0.05) is 13.1 Å². The molecule has 58 valence electrons. The van der Waals surface area contributed by atoms with E-state index in [-0.39, 0.29) is 17.2 Å². The molecule has 1 heterocycles. The number of pyridine rings is 1. The third-order valence-electron chi connectivity index (χ3n) is 1.27. The number of hydrogen-bond donors (Lipinski definition) is 1. The number of nitrogen functional groups attached to an aromatic ring is 1. The van der Waals surface area contributed by atoms with Crippen LogP contribution in [-0.2, 0) is 0 Å². The number of rotatable bonds is 1. The van der Waals surface area contributed by atoms with E-state index in [2.05, 4.69) is 4.98 Å². The number of halogens is 1. The molecule has 0 fully saturated rings. The molecule has 4 heteroatoms. The van der Waals surface area contributed by atoms with Crippen LogP contribution in [0.1, 0.15) is 17.4 Å². The average molecular weight is 171 g/mol. The highest BCUT2D eigenvalue weighted by Crippen LogP contribution is 2.20. The Morgan fingerprint density at radius 1 is 1.73 bits per heavy atom. The number of Topliss-reactive ketones (excluding diaryl/α,β-unsaturated/α-hetero) is 1. The van der Waals surface area contributed by atoms with Crippen molar-refractivity contribution in [3.63, 3.8) is 0 Å².